The first-order valence-electron chi connectivity index (χ1n) is 9.07. The molecular formula is C16H32IN5. The van der Waals surface area contributed by atoms with E-state index in [1.807, 2.05) is 5.01 Å². The Labute approximate surface area is 149 Å². The van der Waals surface area contributed by atoms with Gasteiger partial charge >= 0.3 is 0 Å². The molecule has 0 aromatic carbocycles. The quantitative estimate of drug-likeness (QED) is 0.422. The number of hydrogen-bond acceptors (Lipinski definition) is 5. The van der Waals surface area contributed by atoms with Crippen LogP contribution in [0, 0.1) is 5.92 Å². The highest BCUT2D eigenvalue weighted by Crippen LogP contribution is 2.22. The molecule has 0 saturated carbocycles. The average Bonchev–Trinajstić information content (AvgIpc) is 2.56. The lowest BCUT2D eigenvalue weighted by atomic mass is 9.94. The van der Waals surface area contributed by atoms with E-state index in [1.165, 1.54) is 77.9 Å². The number of nitrogens with zero attached hydrogens (tertiary/aromatic N) is 4. The Morgan fingerprint density at radius 1 is 0.818 bits per heavy atom. The molecule has 22 heavy (non-hydrogen) atoms. The third kappa shape index (κ3) is 5.01. The van der Waals surface area contributed by atoms with Crippen molar-refractivity contribution < 1.29 is 0 Å². The molecule has 0 radical (unpaired) electrons. The van der Waals surface area contributed by atoms with Crippen molar-refractivity contribution in [3.8, 4) is 0 Å². The lowest BCUT2D eigenvalue weighted by Crippen LogP contribution is -2.52. The van der Waals surface area contributed by atoms with Crippen LogP contribution in [0.5, 0.6) is 0 Å². The van der Waals surface area contributed by atoms with Crippen molar-refractivity contribution in [2.75, 3.05) is 58.9 Å². The van der Waals surface area contributed by atoms with Crippen molar-refractivity contribution in [2.24, 2.45) is 11.8 Å². The molecule has 0 aromatic heterocycles. The fourth-order valence-corrected chi connectivity index (χ4v) is 4.72. The molecule has 0 bridgehead atoms. The van der Waals surface area contributed by atoms with E-state index < -0.39 is 0 Å². The normalized spacial score (nSPS) is 29.2. The first-order valence-corrected chi connectivity index (χ1v) is 10.0. The number of nitrogens with two attached hydrogens (primary N) is 1. The van der Waals surface area contributed by atoms with Crippen LogP contribution in [-0.4, -0.2) is 82.9 Å². The van der Waals surface area contributed by atoms with Gasteiger partial charge in [0.2, 0.25) is 0 Å². The average molecular weight is 421 g/mol. The van der Waals surface area contributed by atoms with Crippen molar-refractivity contribution in [2.45, 2.75) is 38.1 Å². The molecular weight excluding hydrogens is 389 g/mol. The summed E-state index contributed by atoms with van der Waals surface area (Å²) in [6.45, 7) is 11.1. The molecule has 0 unspecified atom stereocenters. The van der Waals surface area contributed by atoms with Gasteiger partial charge in [0.05, 0.1) is 0 Å². The Morgan fingerprint density at radius 2 is 1.45 bits per heavy atom. The minimum absolute atomic E-state index is 0.849. The van der Waals surface area contributed by atoms with Gasteiger partial charge in [0, 0.05) is 81.3 Å². The summed E-state index contributed by atoms with van der Waals surface area (Å²) in [4.78, 5) is 5.45. The molecule has 3 fully saturated rings. The van der Waals surface area contributed by atoms with Gasteiger partial charge in [-0.25, -0.2) is 8.12 Å². The Kier molecular flexibility index (Phi) is 6.77. The first kappa shape index (κ1) is 17.4. The molecule has 6 heteroatoms. The number of hydrazine groups is 1. The summed E-state index contributed by atoms with van der Waals surface area (Å²) in [6, 6.07) is 0.849. The third-order valence-corrected chi connectivity index (χ3v) is 6.80. The van der Waals surface area contributed by atoms with Gasteiger partial charge in [-0.3, -0.25) is 10.7 Å². The summed E-state index contributed by atoms with van der Waals surface area (Å²) in [5, 5.41) is 1.98. The number of hydrogen-bond donors (Lipinski definition) is 1. The lowest BCUT2D eigenvalue weighted by Gasteiger charge is -2.42. The second-order valence-corrected chi connectivity index (χ2v) is 8.65. The van der Waals surface area contributed by atoms with Gasteiger partial charge in [-0.1, -0.05) is 0 Å². The molecule has 0 amide bonds. The molecule has 128 valence electrons. The van der Waals surface area contributed by atoms with Crippen LogP contribution in [0.2, 0.25) is 0 Å². The van der Waals surface area contributed by atoms with E-state index in [0.29, 0.717) is 0 Å². The molecule has 0 atom stereocenters. The zero-order chi connectivity index (χ0) is 15.4. The van der Waals surface area contributed by atoms with E-state index >= 15 is 0 Å². The number of halogens is 1. The minimum Gasteiger partial charge on any atom is -0.301 e. The summed E-state index contributed by atoms with van der Waals surface area (Å²) in [5.41, 5.74) is 0. The van der Waals surface area contributed by atoms with E-state index in [2.05, 4.69) is 35.8 Å². The van der Waals surface area contributed by atoms with Crippen LogP contribution in [0.4, 0.5) is 0 Å². The standard InChI is InChI=1S/C16H32IN5/c17-21-7-4-16(5-8-21)20-13-11-19(12-14-20)6-1-15-2-9-22(18)10-3-15/h15-16H,1-14,18H2. The van der Waals surface area contributed by atoms with Gasteiger partial charge in [-0.05, 0) is 44.6 Å². The maximum absolute atomic E-state index is 5.84. The Balaban J connectivity index is 1.32. The molecule has 0 aliphatic carbocycles. The molecule has 3 aliphatic heterocycles. The molecule has 3 aliphatic rings. The van der Waals surface area contributed by atoms with Crippen molar-refractivity contribution >= 4 is 22.9 Å². The van der Waals surface area contributed by atoms with Crippen LogP contribution >= 0.6 is 22.9 Å². The molecule has 0 spiro atoms. The summed E-state index contributed by atoms with van der Waals surface area (Å²) >= 11 is 2.47. The number of piperazine rings is 1. The summed E-state index contributed by atoms with van der Waals surface area (Å²) < 4.78 is 2.44. The van der Waals surface area contributed by atoms with Crippen LogP contribution in [-0.2, 0) is 0 Å². The number of rotatable bonds is 4. The minimum atomic E-state index is 0.849. The number of piperidine rings is 2. The first-order chi connectivity index (χ1) is 10.7. The fraction of sp³-hybridized carbons (Fsp3) is 1.00. The van der Waals surface area contributed by atoms with Crippen LogP contribution in [0.15, 0.2) is 0 Å². The van der Waals surface area contributed by atoms with E-state index in [9.17, 15) is 0 Å². The Morgan fingerprint density at radius 3 is 2.09 bits per heavy atom. The Hall–Kier alpha value is 0.530. The van der Waals surface area contributed by atoms with E-state index in [4.69, 9.17) is 5.84 Å². The van der Waals surface area contributed by atoms with E-state index in [1.54, 1.807) is 0 Å². The second-order valence-electron chi connectivity index (χ2n) is 7.29. The molecule has 0 aromatic rings. The maximum atomic E-state index is 5.84. The summed E-state index contributed by atoms with van der Waals surface area (Å²) in [7, 11) is 0. The van der Waals surface area contributed by atoms with Crippen LogP contribution in [0.3, 0.4) is 0 Å². The van der Waals surface area contributed by atoms with Crippen LogP contribution in [0.25, 0.3) is 0 Å². The third-order valence-electron chi connectivity index (χ3n) is 5.84. The van der Waals surface area contributed by atoms with Crippen molar-refractivity contribution in [1.29, 1.82) is 0 Å². The zero-order valence-electron chi connectivity index (χ0n) is 13.8. The highest BCUT2D eigenvalue weighted by atomic mass is 127. The molecule has 3 heterocycles. The molecule has 3 rings (SSSR count). The Bertz CT molecular complexity index is 318. The van der Waals surface area contributed by atoms with Gasteiger partial charge in [-0.2, -0.15) is 0 Å². The zero-order valence-corrected chi connectivity index (χ0v) is 16.0. The lowest BCUT2D eigenvalue weighted by molar-refractivity contribution is 0.0701. The van der Waals surface area contributed by atoms with Crippen molar-refractivity contribution in [3.63, 3.8) is 0 Å². The maximum Gasteiger partial charge on any atom is 0.0201 e. The van der Waals surface area contributed by atoms with Gasteiger partial charge in [0.1, 0.15) is 0 Å². The molecule has 2 N–H and O–H groups in total. The van der Waals surface area contributed by atoms with Crippen LogP contribution in [0.1, 0.15) is 32.1 Å². The van der Waals surface area contributed by atoms with Gasteiger partial charge < -0.3 is 4.90 Å². The highest BCUT2D eigenvalue weighted by Gasteiger charge is 2.27. The van der Waals surface area contributed by atoms with E-state index in [0.717, 1.165) is 25.0 Å². The molecule has 3 saturated heterocycles. The smallest absolute Gasteiger partial charge is 0.0201 e. The van der Waals surface area contributed by atoms with Gasteiger partial charge in [0.15, 0.2) is 0 Å². The van der Waals surface area contributed by atoms with Gasteiger partial charge in [-0.15, -0.1) is 0 Å². The summed E-state index contributed by atoms with van der Waals surface area (Å²) in [5.74, 6) is 6.75. The largest absolute Gasteiger partial charge is 0.301 e. The topological polar surface area (TPSA) is 39.0 Å². The fourth-order valence-electron chi connectivity index (χ4n) is 4.16. The van der Waals surface area contributed by atoms with Crippen molar-refractivity contribution in [1.82, 2.24) is 17.9 Å². The van der Waals surface area contributed by atoms with E-state index in [-0.39, 0.29) is 0 Å². The van der Waals surface area contributed by atoms with Gasteiger partial charge in [0.25, 0.3) is 0 Å². The predicted octanol–water partition coefficient (Wildman–Crippen LogP) is 1.39. The SMILES string of the molecule is NN1CCC(CCN2CCN(C3CCN(I)CC3)CC2)CC1. The highest BCUT2D eigenvalue weighted by molar-refractivity contribution is 14.1. The van der Waals surface area contributed by atoms with Crippen LogP contribution < -0.4 is 5.84 Å². The van der Waals surface area contributed by atoms with Crippen molar-refractivity contribution in [3.05, 3.63) is 0 Å². The second kappa shape index (κ2) is 8.58. The monoisotopic (exact) mass is 421 g/mol. The summed E-state index contributed by atoms with van der Waals surface area (Å²) in [6.07, 6.45) is 6.69. The predicted molar refractivity (Wildman–Crippen MR) is 99.7 cm³/mol. The molecule has 5 nitrogen and oxygen atoms in total.